The lowest BCUT2D eigenvalue weighted by Gasteiger charge is -2.08. The molecule has 18 heavy (non-hydrogen) atoms. The summed E-state index contributed by atoms with van der Waals surface area (Å²) in [5.74, 6) is 0. The molecule has 0 saturated heterocycles. The average Bonchev–Trinajstić information content (AvgIpc) is 2.33. The van der Waals surface area contributed by atoms with Gasteiger partial charge in [0.15, 0.2) is 0 Å². The smallest absolute Gasteiger partial charge is 0.282 e. The Morgan fingerprint density at radius 1 is 1.39 bits per heavy atom. The van der Waals surface area contributed by atoms with Crippen LogP contribution in [0.15, 0.2) is 28.0 Å². The lowest BCUT2D eigenvalue weighted by Crippen LogP contribution is -2.04. The molecule has 0 aliphatic heterocycles. The zero-order chi connectivity index (χ0) is 13.6. The van der Waals surface area contributed by atoms with Crippen LogP contribution in [0.4, 0.5) is 0 Å². The van der Waals surface area contributed by atoms with E-state index in [1.165, 1.54) is 6.07 Å². The molecule has 2 N–H and O–H groups in total. The van der Waals surface area contributed by atoms with Gasteiger partial charge in [0.05, 0.1) is 16.9 Å². The highest BCUT2D eigenvalue weighted by molar-refractivity contribution is 9.09. The maximum Gasteiger partial charge on any atom is 0.294 e. The first kappa shape index (κ1) is 15.9. The quantitative estimate of drug-likeness (QED) is 0.254. The molecule has 102 valence electrons. The minimum absolute atomic E-state index is 0.171. The molecule has 0 spiro atoms. The number of rotatable bonds is 7. The van der Waals surface area contributed by atoms with Gasteiger partial charge in [-0.05, 0) is 30.5 Å². The Kier molecular flexibility index (Phi) is 6.57. The van der Waals surface area contributed by atoms with E-state index < -0.39 is 10.1 Å². The van der Waals surface area contributed by atoms with Gasteiger partial charge in [0.25, 0.3) is 10.1 Å². The molecule has 0 bridgehead atoms. The number of alkyl halides is 1. The Bertz CT molecular complexity index is 490. The minimum Gasteiger partial charge on any atom is -0.282 e. The lowest BCUT2D eigenvalue weighted by molar-refractivity contribution is -0.432. The average molecular weight is 359 g/mol. The second-order valence-electron chi connectivity index (χ2n) is 3.26. The third-order valence-corrected chi connectivity index (χ3v) is 4.13. The normalized spacial score (nSPS) is 11.7. The first-order valence-corrected chi connectivity index (χ1v) is 8.10. The molecule has 0 aliphatic carbocycles. The lowest BCUT2D eigenvalue weighted by atomic mass is 10.1. The van der Waals surface area contributed by atoms with Crippen LogP contribution in [-0.4, -0.2) is 23.6 Å². The number of halogens is 1. The summed E-state index contributed by atoms with van der Waals surface area (Å²) < 4.78 is 35.9. The van der Waals surface area contributed by atoms with E-state index in [1.807, 2.05) is 0 Å². The van der Waals surface area contributed by atoms with E-state index >= 15 is 0 Å². The fraction of sp³-hybridized carbons (Fsp3) is 0.333. The van der Waals surface area contributed by atoms with Gasteiger partial charge in [-0.15, -0.1) is 4.33 Å². The highest BCUT2D eigenvalue weighted by atomic mass is 79.9. The predicted molar refractivity (Wildman–Crippen MR) is 69.0 cm³/mol. The van der Waals surface area contributed by atoms with E-state index in [2.05, 4.69) is 25.3 Å². The number of hydrogen-bond donors (Lipinski definition) is 2. The van der Waals surface area contributed by atoms with Crippen molar-refractivity contribution in [1.29, 1.82) is 0 Å². The zero-order valence-electron chi connectivity index (χ0n) is 9.08. The molecule has 9 heteroatoms. The molecule has 6 nitrogen and oxygen atoms in total. The van der Waals surface area contributed by atoms with E-state index in [0.29, 0.717) is 28.9 Å². The van der Waals surface area contributed by atoms with Crippen LogP contribution >= 0.6 is 28.0 Å². The molecule has 0 atom stereocenters. The van der Waals surface area contributed by atoms with E-state index in [0.717, 1.165) is 11.8 Å². The van der Waals surface area contributed by atoms with Gasteiger partial charge in [0.2, 0.25) is 0 Å². The van der Waals surface area contributed by atoms with Crippen LogP contribution in [0.25, 0.3) is 0 Å². The minimum atomic E-state index is -4.30. The maximum atomic E-state index is 11.3. The largest absolute Gasteiger partial charge is 0.294 e. The Balaban J connectivity index is 3.05. The van der Waals surface area contributed by atoms with Crippen molar-refractivity contribution in [1.82, 2.24) is 0 Å². The topological polar surface area (TPSA) is 93.1 Å². The van der Waals surface area contributed by atoms with Crippen molar-refractivity contribution in [3.63, 3.8) is 0 Å². The van der Waals surface area contributed by atoms with Crippen molar-refractivity contribution in [3.05, 3.63) is 23.8 Å². The van der Waals surface area contributed by atoms with Gasteiger partial charge in [-0.3, -0.25) is 4.55 Å². The summed E-state index contributed by atoms with van der Waals surface area (Å²) in [4.78, 5) is 0.203. The SMILES string of the molecule is O=S(=O)(O)c1cc(SOOO)ccc1CCCBr. The van der Waals surface area contributed by atoms with Crippen molar-refractivity contribution >= 4 is 38.1 Å². The van der Waals surface area contributed by atoms with Gasteiger partial charge in [-0.25, -0.2) is 5.26 Å². The Morgan fingerprint density at radius 2 is 2.11 bits per heavy atom. The highest BCUT2D eigenvalue weighted by Gasteiger charge is 2.16. The van der Waals surface area contributed by atoms with Gasteiger partial charge in [0, 0.05) is 10.2 Å². The van der Waals surface area contributed by atoms with Crippen molar-refractivity contribution < 1.29 is 27.6 Å². The van der Waals surface area contributed by atoms with Crippen LogP contribution < -0.4 is 0 Å². The third kappa shape index (κ3) is 4.84. The van der Waals surface area contributed by atoms with Gasteiger partial charge in [-0.1, -0.05) is 27.0 Å². The van der Waals surface area contributed by atoms with E-state index in [4.69, 9.17) is 9.81 Å². The Morgan fingerprint density at radius 3 is 2.67 bits per heavy atom. The van der Waals surface area contributed by atoms with Crippen LogP contribution in [0.5, 0.6) is 0 Å². The molecule has 0 saturated carbocycles. The number of benzene rings is 1. The fourth-order valence-corrected chi connectivity index (χ4v) is 2.88. The van der Waals surface area contributed by atoms with Crippen LogP contribution in [0.2, 0.25) is 0 Å². The third-order valence-electron chi connectivity index (χ3n) is 2.06. The van der Waals surface area contributed by atoms with Crippen LogP contribution in [0.1, 0.15) is 12.0 Å². The van der Waals surface area contributed by atoms with E-state index in [9.17, 15) is 8.42 Å². The summed E-state index contributed by atoms with van der Waals surface area (Å²) in [6.07, 6.45) is 1.26. The van der Waals surface area contributed by atoms with Gasteiger partial charge < -0.3 is 0 Å². The second kappa shape index (κ2) is 7.43. The molecule has 0 radical (unpaired) electrons. The summed E-state index contributed by atoms with van der Waals surface area (Å²) in [5, 5.41) is 12.2. The van der Waals surface area contributed by atoms with Crippen LogP contribution in [0.3, 0.4) is 0 Å². The molecule has 0 heterocycles. The van der Waals surface area contributed by atoms with Crippen LogP contribution in [0, 0.1) is 0 Å². The molecule has 1 rings (SSSR count). The van der Waals surface area contributed by atoms with Crippen molar-refractivity contribution in [2.45, 2.75) is 22.6 Å². The summed E-state index contributed by atoms with van der Waals surface area (Å²) >= 11 is 3.88. The van der Waals surface area contributed by atoms with E-state index in [1.54, 1.807) is 12.1 Å². The second-order valence-corrected chi connectivity index (χ2v) is 6.22. The summed E-state index contributed by atoms with van der Waals surface area (Å²) in [6.45, 7) is 0. The van der Waals surface area contributed by atoms with Crippen molar-refractivity contribution in [2.75, 3.05) is 5.33 Å². The molecule has 1 aromatic carbocycles. The molecule has 0 aliphatic rings. The molecule has 0 fully saturated rings. The zero-order valence-corrected chi connectivity index (χ0v) is 12.3. The maximum absolute atomic E-state index is 11.3. The summed E-state index contributed by atoms with van der Waals surface area (Å²) in [6, 6.07) is 4.43. The van der Waals surface area contributed by atoms with Gasteiger partial charge in [-0.2, -0.15) is 8.42 Å². The number of aryl methyl sites for hydroxylation is 1. The Hall–Kier alpha value is -0.160. The standard InChI is InChI=1S/C9H11BrO6S2/c10-5-1-2-7-3-4-8(17-16-15-11)6-9(7)18(12,13)14/h3-4,6,11H,1-2,5H2,(H,12,13,14). The predicted octanol–water partition coefficient (Wildman–Crippen LogP) is 2.69. The molecule has 0 aromatic heterocycles. The van der Waals surface area contributed by atoms with E-state index in [-0.39, 0.29) is 4.90 Å². The molecule has 0 amide bonds. The molecule has 0 unspecified atom stereocenters. The fourth-order valence-electron chi connectivity index (χ4n) is 1.35. The molecule has 1 aromatic rings. The van der Waals surface area contributed by atoms with Crippen molar-refractivity contribution in [3.8, 4) is 0 Å². The number of hydrogen-bond acceptors (Lipinski definition) is 6. The monoisotopic (exact) mass is 358 g/mol. The molecular weight excluding hydrogens is 348 g/mol. The highest BCUT2D eigenvalue weighted by Crippen LogP contribution is 2.26. The molecular formula is C9H11BrO6S2. The first-order chi connectivity index (χ1) is 8.49. The van der Waals surface area contributed by atoms with Crippen molar-refractivity contribution in [2.24, 2.45) is 0 Å². The van der Waals surface area contributed by atoms with Crippen LogP contribution in [-0.2, 0) is 25.9 Å². The van der Waals surface area contributed by atoms with Gasteiger partial charge >= 0.3 is 0 Å². The Labute approximate surface area is 117 Å². The summed E-state index contributed by atoms with van der Waals surface area (Å²) in [5.41, 5.74) is 0.520. The van der Waals surface area contributed by atoms with Gasteiger partial charge in [0.1, 0.15) is 0 Å². The summed E-state index contributed by atoms with van der Waals surface area (Å²) in [7, 11) is -4.30. The first-order valence-electron chi connectivity index (χ1n) is 4.80.